The van der Waals surface area contributed by atoms with Gasteiger partial charge in [0.2, 0.25) is 0 Å². The fourth-order valence-corrected chi connectivity index (χ4v) is 1.10. The quantitative estimate of drug-likeness (QED) is 0.775. The van der Waals surface area contributed by atoms with Crippen LogP contribution in [-0.4, -0.2) is 24.2 Å². The van der Waals surface area contributed by atoms with Crippen LogP contribution in [0.2, 0.25) is 0 Å². The van der Waals surface area contributed by atoms with Gasteiger partial charge in [0.05, 0.1) is 12.7 Å². The summed E-state index contributed by atoms with van der Waals surface area (Å²) in [4.78, 5) is 21.6. The number of esters is 1. The van der Waals surface area contributed by atoms with Gasteiger partial charge in [-0.1, -0.05) is 12.1 Å². The first-order valence-electron chi connectivity index (χ1n) is 4.23. The predicted molar refractivity (Wildman–Crippen MR) is 59.6 cm³/mol. The number of methoxy groups -OCH3 is 1. The maximum Gasteiger partial charge on any atom is 0.335 e. The second kappa shape index (κ2) is 6.09. The maximum atomic E-state index is 11.1. The smallest absolute Gasteiger partial charge is 0.335 e. The average molecular weight is 246 g/mol. The summed E-state index contributed by atoms with van der Waals surface area (Å²) in [6.07, 6.45) is 0. The van der Waals surface area contributed by atoms with Crippen molar-refractivity contribution in [3.63, 3.8) is 0 Å². The molecule has 1 atom stereocenters. The lowest BCUT2D eigenvalue weighted by molar-refractivity contribution is -0.142. The third-order valence-corrected chi connectivity index (χ3v) is 1.97. The van der Waals surface area contributed by atoms with Crippen LogP contribution < -0.4 is 5.73 Å². The molecule has 1 aromatic rings. The number of carbonyl (C=O) groups excluding carboxylic acids is 1. The maximum absolute atomic E-state index is 11.1. The highest BCUT2D eigenvalue weighted by atomic mass is 35.5. The van der Waals surface area contributed by atoms with Crippen molar-refractivity contribution in [2.75, 3.05) is 7.11 Å². The standard InChI is InChI=1S/C10H11NO4.ClH/c1-15-10(14)8(11)6-2-4-7(5-3-6)9(12)13;/h2-5,8H,11H2,1H3,(H,12,13);1H/t8-;/m1./s1. The number of carboxylic acid groups (broad SMARTS) is 1. The topological polar surface area (TPSA) is 89.6 Å². The molecule has 0 saturated heterocycles. The molecule has 0 aromatic heterocycles. The normalized spacial score (nSPS) is 11.1. The van der Waals surface area contributed by atoms with Crippen molar-refractivity contribution in [1.82, 2.24) is 0 Å². The minimum Gasteiger partial charge on any atom is -0.478 e. The first kappa shape index (κ1) is 14.4. The Hall–Kier alpha value is -1.59. The second-order valence-corrected chi connectivity index (χ2v) is 2.93. The van der Waals surface area contributed by atoms with Crippen molar-refractivity contribution in [3.8, 4) is 0 Å². The zero-order chi connectivity index (χ0) is 11.4. The van der Waals surface area contributed by atoms with E-state index < -0.39 is 18.0 Å². The van der Waals surface area contributed by atoms with Crippen LogP contribution in [0.1, 0.15) is 22.0 Å². The Labute approximate surface area is 98.6 Å². The van der Waals surface area contributed by atoms with Crippen molar-refractivity contribution in [1.29, 1.82) is 0 Å². The number of hydrogen-bond donors (Lipinski definition) is 2. The average Bonchev–Trinajstić information content (AvgIpc) is 2.27. The van der Waals surface area contributed by atoms with Gasteiger partial charge in [-0.05, 0) is 17.7 Å². The number of rotatable bonds is 3. The minimum atomic E-state index is -1.02. The van der Waals surface area contributed by atoms with E-state index in [2.05, 4.69) is 4.74 Å². The fraction of sp³-hybridized carbons (Fsp3) is 0.200. The number of carboxylic acids is 1. The Bertz CT molecular complexity index is 377. The highest BCUT2D eigenvalue weighted by molar-refractivity contribution is 5.87. The Morgan fingerprint density at radius 2 is 1.81 bits per heavy atom. The molecular weight excluding hydrogens is 234 g/mol. The molecule has 0 spiro atoms. The molecule has 0 aliphatic carbocycles. The van der Waals surface area contributed by atoms with Crippen molar-refractivity contribution in [3.05, 3.63) is 35.4 Å². The Morgan fingerprint density at radius 1 is 1.31 bits per heavy atom. The van der Waals surface area contributed by atoms with Crippen molar-refractivity contribution >= 4 is 24.3 Å². The van der Waals surface area contributed by atoms with E-state index in [1.54, 1.807) is 0 Å². The highest BCUT2D eigenvalue weighted by Crippen LogP contribution is 2.12. The lowest BCUT2D eigenvalue weighted by Crippen LogP contribution is -2.22. The van der Waals surface area contributed by atoms with Crippen molar-refractivity contribution in [2.24, 2.45) is 5.73 Å². The molecule has 0 heterocycles. The van der Waals surface area contributed by atoms with Crippen LogP contribution in [0.5, 0.6) is 0 Å². The molecule has 5 nitrogen and oxygen atoms in total. The predicted octanol–water partition coefficient (Wildman–Crippen LogP) is 0.979. The summed E-state index contributed by atoms with van der Waals surface area (Å²) >= 11 is 0. The Balaban J connectivity index is 0.00000225. The Kier molecular flexibility index (Phi) is 5.49. The van der Waals surface area contributed by atoms with E-state index in [-0.39, 0.29) is 18.0 Å². The van der Waals surface area contributed by atoms with Gasteiger partial charge in [0.15, 0.2) is 0 Å². The molecule has 6 heteroatoms. The molecule has 0 bridgehead atoms. The van der Waals surface area contributed by atoms with Gasteiger partial charge < -0.3 is 15.6 Å². The van der Waals surface area contributed by atoms with E-state index in [9.17, 15) is 9.59 Å². The van der Waals surface area contributed by atoms with Gasteiger partial charge in [0, 0.05) is 0 Å². The number of aromatic carboxylic acids is 1. The molecule has 1 aromatic carbocycles. The van der Waals surface area contributed by atoms with Gasteiger partial charge in [-0.15, -0.1) is 12.4 Å². The zero-order valence-electron chi connectivity index (χ0n) is 8.54. The molecule has 16 heavy (non-hydrogen) atoms. The summed E-state index contributed by atoms with van der Waals surface area (Å²) in [5.41, 5.74) is 6.22. The van der Waals surface area contributed by atoms with Crippen LogP contribution in [0.15, 0.2) is 24.3 Å². The van der Waals surface area contributed by atoms with Crippen LogP contribution >= 0.6 is 12.4 Å². The third-order valence-electron chi connectivity index (χ3n) is 1.97. The molecule has 3 N–H and O–H groups in total. The van der Waals surface area contributed by atoms with Crippen LogP contribution in [0.4, 0.5) is 0 Å². The van der Waals surface area contributed by atoms with Crippen LogP contribution in [0, 0.1) is 0 Å². The Morgan fingerprint density at radius 3 is 2.19 bits per heavy atom. The first-order valence-corrected chi connectivity index (χ1v) is 4.23. The summed E-state index contributed by atoms with van der Waals surface area (Å²) < 4.78 is 4.46. The molecule has 0 amide bonds. The van der Waals surface area contributed by atoms with Gasteiger partial charge in [0.25, 0.3) is 0 Å². The summed E-state index contributed by atoms with van der Waals surface area (Å²) in [5, 5.41) is 8.65. The molecule has 0 radical (unpaired) electrons. The number of benzene rings is 1. The van der Waals surface area contributed by atoms with Crippen LogP contribution in [0.25, 0.3) is 0 Å². The fourth-order valence-electron chi connectivity index (χ4n) is 1.10. The number of carbonyl (C=O) groups is 2. The highest BCUT2D eigenvalue weighted by Gasteiger charge is 2.16. The van der Waals surface area contributed by atoms with Crippen molar-refractivity contribution in [2.45, 2.75) is 6.04 Å². The van der Waals surface area contributed by atoms with Crippen LogP contribution in [-0.2, 0) is 9.53 Å². The lowest BCUT2D eigenvalue weighted by atomic mass is 10.1. The molecule has 88 valence electrons. The molecule has 0 saturated carbocycles. The summed E-state index contributed by atoms with van der Waals surface area (Å²) in [5.74, 6) is -1.58. The van der Waals surface area contributed by atoms with Crippen molar-refractivity contribution < 1.29 is 19.4 Å². The monoisotopic (exact) mass is 245 g/mol. The van der Waals surface area contributed by atoms with Gasteiger partial charge >= 0.3 is 11.9 Å². The molecule has 0 fully saturated rings. The first-order chi connectivity index (χ1) is 7.06. The third kappa shape index (κ3) is 3.22. The van der Waals surface area contributed by atoms with E-state index >= 15 is 0 Å². The van der Waals surface area contributed by atoms with Gasteiger partial charge in [0.1, 0.15) is 6.04 Å². The van der Waals surface area contributed by atoms with E-state index in [4.69, 9.17) is 10.8 Å². The summed E-state index contributed by atoms with van der Waals surface area (Å²) in [7, 11) is 1.24. The number of ether oxygens (including phenoxy) is 1. The molecule has 0 aliphatic rings. The second-order valence-electron chi connectivity index (χ2n) is 2.93. The van der Waals surface area contributed by atoms with E-state index in [0.29, 0.717) is 5.56 Å². The van der Waals surface area contributed by atoms with E-state index in [1.807, 2.05) is 0 Å². The lowest BCUT2D eigenvalue weighted by Gasteiger charge is -2.09. The number of halogens is 1. The van der Waals surface area contributed by atoms with Crippen LogP contribution in [0.3, 0.4) is 0 Å². The summed E-state index contributed by atoms with van der Waals surface area (Å²) in [6.45, 7) is 0. The number of hydrogen-bond acceptors (Lipinski definition) is 4. The molecule has 1 rings (SSSR count). The van der Waals surface area contributed by atoms with Gasteiger partial charge in [-0.25, -0.2) is 4.79 Å². The molecule has 0 aliphatic heterocycles. The largest absolute Gasteiger partial charge is 0.478 e. The van der Waals surface area contributed by atoms with E-state index in [1.165, 1.54) is 31.4 Å². The SMILES string of the molecule is COC(=O)[C@H](N)c1ccc(C(=O)O)cc1.Cl. The zero-order valence-corrected chi connectivity index (χ0v) is 9.36. The molecular formula is C10H12ClNO4. The number of nitrogens with two attached hydrogens (primary N) is 1. The van der Waals surface area contributed by atoms with Gasteiger partial charge in [-0.3, -0.25) is 4.79 Å². The molecule has 0 unspecified atom stereocenters. The summed E-state index contributed by atoms with van der Waals surface area (Å²) in [6, 6.07) is 4.88. The van der Waals surface area contributed by atoms with E-state index in [0.717, 1.165) is 0 Å². The minimum absolute atomic E-state index is 0. The van der Waals surface area contributed by atoms with Gasteiger partial charge in [-0.2, -0.15) is 0 Å².